The minimum atomic E-state index is -0.137. The molecule has 0 atom stereocenters. The van der Waals surface area contributed by atoms with Crippen LogP contribution in [0.25, 0.3) is 5.82 Å². The molecular formula is C17H17ClN4O. The molecule has 118 valence electrons. The molecule has 23 heavy (non-hydrogen) atoms. The fourth-order valence-corrected chi connectivity index (χ4v) is 2.90. The maximum absolute atomic E-state index is 13.0. The Balaban J connectivity index is 2.23. The van der Waals surface area contributed by atoms with Crippen molar-refractivity contribution >= 4 is 17.4 Å². The van der Waals surface area contributed by atoms with Crippen LogP contribution in [-0.4, -0.2) is 25.1 Å². The standard InChI is InChI=1S/C17H17ClN4O/c1-10-12(3)22(9-19-10)17-15(11(2)20-21(17)4)16(23)13-7-5-6-8-14(13)18/h5-9H,1-4H3. The van der Waals surface area contributed by atoms with E-state index >= 15 is 0 Å². The molecule has 0 saturated heterocycles. The van der Waals surface area contributed by atoms with Crippen molar-refractivity contribution < 1.29 is 4.79 Å². The number of hydrogen-bond donors (Lipinski definition) is 0. The van der Waals surface area contributed by atoms with Crippen LogP contribution in [0.4, 0.5) is 0 Å². The molecule has 6 heteroatoms. The molecule has 0 N–H and O–H groups in total. The van der Waals surface area contributed by atoms with Crippen LogP contribution in [0.15, 0.2) is 30.6 Å². The summed E-state index contributed by atoms with van der Waals surface area (Å²) in [6, 6.07) is 7.05. The van der Waals surface area contributed by atoms with E-state index in [0.29, 0.717) is 27.7 Å². The number of halogens is 1. The summed E-state index contributed by atoms with van der Waals surface area (Å²) in [6.45, 7) is 5.73. The minimum Gasteiger partial charge on any atom is -0.288 e. The van der Waals surface area contributed by atoms with Crippen LogP contribution in [0.1, 0.15) is 33.0 Å². The van der Waals surface area contributed by atoms with Crippen molar-refractivity contribution in [3.05, 3.63) is 63.8 Å². The average Bonchev–Trinajstić information content (AvgIpc) is 2.98. The van der Waals surface area contributed by atoms with Gasteiger partial charge in [-0.2, -0.15) is 5.10 Å². The normalized spacial score (nSPS) is 11.0. The maximum atomic E-state index is 13.0. The van der Waals surface area contributed by atoms with E-state index < -0.39 is 0 Å². The number of benzene rings is 1. The van der Waals surface area contributed by atoms with Crippen molar-refractivity contribution in [3.63, 3.8) is 0 Å². The molecule has 0 bridgehead atoms. The van der Waals surface area contributed by atoms with Crippen LogP contribution in [0.2, 0.25) is 5.02 Å². The van der Waals surface area contributed by atoms with Gasteiger partial charge < -0.3 is 0 Å². The molecule has 0 saturated carbocycles. The van der Waals surface area contributed by atoms with Crippen molar-refractivity contribution in [1.29, 1.82) is 0 Å². The molecule has 0 spiro atoms. The second-order valence-corrected chi connectivity index (χ2v) is 5.91. The van der Waals surface area contributed by atoms with Crippen LogP contribution in [0.5, 0.6) is 0 Å². The lowest BCUT2D eigenvalue weighted by Gasteiger charge is -2.10. The monoisotopic (exact) mass is 328 g/mol. The molecule has 0 unspecified atom stereocenters. The number of carbonyl (C=O) groups is 1. The molecular weight excluding hydrogens is 312 g/mol. The Kier molecular flexibility index (Phi) is 3.82. The van der Waals surface area contributed by atoms with Crippen LogP contribution >= 0.6 is 11.6 Å². The molecule has 2 heterocycles. The van der Waals surface area contributed by atoms with Crippen LogP contribution < -0.4 is 0 Å². The van der Waals surface area contributed by atoms with Crippen molar-refractivity contribution in [3.8, 4) is 5.82 Å². The van der Waals surface area contributed by atoms with Gasteiger partial charge in [0, 0.05) is 18.3 Å². The van der Waals surface area contributed by atoms with Gasteiger partial charge in [-0.1, -0.05) is 23.7 Å². The predicted octanol–water partition coefficient (Wildman–Crippen LogP) is 3.42. The van der Waals surface area contributed by atoms with E-state index in [-0.39, 0.29) is 5.78 Å². The summed E-state index contributed by atoms with van der Waals surface area (Å²) < 4.78 is 3.59. The molecule has 0 aliphatic carbocycles. The SMILES string of the molecule is Cc1nn(C)c(-n2cnc(C)c2C)c1C(=O)c1ccccc1Cl. The van der Waals surface area contributed by atoms with Crippen molar-refractivity contribution in [2.45, 2.75) is 20.8 Å². The van der Waals surface area contributed by atoms with Crippen LogP contribution in [0, 0.1) is 20.8 Å². The highest BCUT2D eigenvalue weighted by molar-refractivity contribution is 6.35. The zero-order valence-electron chi connectivity index (χ0n) is 13.5. The number of nitrogens with zero attached hydrogens (tertiary/aromatic N) is 4. The first kappa shape index (κ1) is 15.5. The van der Waals surface area contributed by atoms with E-state index in [2.05, 4.69) is 10.1 Å². The van der Waals surface area contributed by atoms with Crippen molar-refractivity contribution in [2.75, 3.05) is 0 Å². The molecule has 3 rings (SSSR count). The first-order valence-corrected chi connectivity index (χ1v) is 7.63. The number of aryl methyl sites for hydroxylation is 3. The highest BCUT2D eigenvalue weighted by Crippen LogP contribution is 2.26. The first-order valence-electron chi connectivity index (χ1n) is 7.25. The lowest BCUT2D eigenvalue weighted by molar-refractivity contribution is 0.103. The fraction of sp³-hybridized carbons (Fsp3) is 0.235. The summed E-state index contributed by atoms with van der Waals surface area (Å²) in [5, 5.41) is 4.85. The molecule has 0 radical (unpaired) electrons. The van der Waals surface area contributed by atoms with E-state index in [4.69, 9.17) is 11.6 Å². The summed E-state index contributed by atoms with van der Waals surface area (Å²) in [5.41, 5.74) is 3.57. The Morgan fingerprint density at radius 3 is 2.43 bits per heavy atom. The number of imidazole rings is 1. The Labute approximate surface area is 139 Å². The highest BCUT2D eigenvalue weighted by atomic mass is 35.5. The van der Waals surface area contributed by atoms with E-state index in [1.54, 1.807) is 35.3 Å². The molecule has 0 aliphatic heterocycles. The third-order valence-electron chi connectivity index (χ3n) is 4.02. The van der Waals surface area contributed by atoms with Gasteiger partial charge in [0.25, 0.3) is 0 Å². The lowest BCUT2D eigenvalue weighted by atomic mass is 10.0. The number of carbonyl (C=O) groups excluding carboxylic acids is 1. The molecule has 0 fully saturated rings. The number of ketones is 1. The van der Waals surface area contributed by atoms with Gasteiger partial charge in [0.1, 0.15) is 12.1 Å². The summed E-state index contributed by atoms with van der Waals surface area (Å²) in [4.78, 5) is 17.4. The average molecular weight is 329 g/mol. The fourth-order valence-electron chi connectivity index (χ4n) is 2.68. The quantitative estimate of drug-likeness (QED) is 0.692. The molecule has 3 aromatic rings. The second-order valence-electron chi connectivity index (χ2n) is 5.50. The van der Waals surface area contributed by atoms with Gasteiger partial charge in [-0.15, -0.1) is 0 Å². The lowest BCUT2D eigenvalue weighted by Crippen LogP contribution is -2.11. The van der Waals surface area contributed by atoms with Gasteiger partial charge in [-0.3, -0.25) is 14.0 Å². The van der Waals surface area contributed by atoms with E-state index in [0.717, 1.165) is 11.4 Å². The topological polar surface area (TPSA) is 52.7 Å². The van der Waals surface area contributed by atoms with Gasteiger partial charge in [0.05, 0.1) is 22.0 Å². The largest absolute Gasteiger partial charge is 0.288 e. The van der Waals surface area contributed by atoms with Crippen LogP contribution in [0.3, 0.4) is 0 Å². The van der Waals surface area contributed by atoms with E-state index in [1.807, 2.05) is 32.4 Å². The van der Waals surface area contributed by atoms with Crippen molar-refractivity contribution in [1.82, 2.24) is 19.3 Å². The van der Waals surface area contributed by atoms with Crippen molar-refractivity contribution in [2.24, 2.45) is 7.05 Å². The number of aromatic nitrogens is 4. The summed E-state index contributed by atoms with van der Waals surface area (Å²) >= 11 is 6.19. The Bertz CT molecular complexity index is 907. The molecule has 1 aromatic carbocycles. The zero-order chi connectivity index (χ0) is 16.7. The molecule has 5 nitrogen and oxygen atoms in total. The third-order valence-corrected chi connectivity index (χ3v) is 4.35. The highest BCUT2D eigenvalue weighted by Gasteiger charge is 2.25. The van der Waals surface area contributed by atoms with Gasteiger partial charge in [0.2, 0.25) is 0 Å². The summed E-state index contributed by atoms with van der Waals surface area (Å²) in [6.07, 6.45) is 1.71. The molecule has 0 amide bonds. The number of hydrogen-bond acceptors (Lipinski definition) is 3. The Hall–Kier alpha value is -2.40. The Morgan fingerprint density at radius 1 is 1.13 bits per heavy atom. The van der Waals surface area contributed by atoms with Gasteiger partial charge in [-0.25, -0.2) is 4.98 Å². The smallest absolute Gasteiger partial charge is 0.200 e. The second kappa shape index (κ2) is 5.66. The van der Waals surface area contributed by atoms with Gasteiger partial charge in [0.15, 0.2) is 5.78 Å². The minimum absolute atomic E-state index is 0.137. The van der Waals surface area contributed by atoms with Gasteiger partial charge in [-0.05, 0) is 32.9 Å². The van der Waals surface area contributed by atoms with Gasteiger partial charge >= 0.3 is 0 Å². The molecule has 2 aromatic heterocycles. The maximum Gasteiger partial charge on any atom is 0.200 e. The Morgan fingerprint density at radius 2 is 1.83 bits per heavy atom. The third kappa shape index (κ3) is 2.47. The summed E-state index contributed by atoms with van der Waals surface area (Å²) in [7, 11) is 1.82. The van der Waals surface area contributed by atoms with E-state index in [9.17, 15) is 4.79 Å². The molecule has 0 aliphatic rings. The van der Waals surface area contributed by atoms with E-state index in [1.165, 1.54) is 0 Å². The first-order chi connectivity index (χ1) is 10.9. The summed E-state index contributed by atoms with van der Waals surface area (Å²) in [5.74, 6) is 0.562. The number of rotatable bonds is 3. The van der Waals surface area contributed by atoms with Crippen LogP contribution in [-0.2, 0) is 7.05 Å². The predicted molar refractivity (Wildman–Crippen MR) is 89.4 cm³/mol. The zero-order valence-corrected chi connectivity index (χ0v) is 14.2.